The predicted molar refractivity (Wildman–Crippen MR) is 91.3 cm³/mol. The summed E-state index contributed by atoms with van der Waals surface area (Å²) < 4.78 is 0. The van der Waals surface area contributed by atoms with Gasteiger partial charge in [0.25, 0.3) is 0 Å². The maximum absolute atomic E-state index is 12.8. The van der Waals surface area contributed by atoms with Crippen molar-refractivity contribution in [3.05, 3.63) is 60.2 Å². The van der Waals surface area contributed by atoms with Gasteiger partial charge in [-0.3, -0.25) is 9.59 Å². The molecule has 1 aliphatic carbocycles. The minimum absolute atomic E-state index is 0.195. The molecule has 3 rings (SSSR count). The average molecular weight is 319 g/mol. The van der Waals surface area contributed by atoms with Gasteiger partial charge in [0.2, 0.25) is 11.8 Å². The lowest BCUT2D eigenvalue weighted by Gasteiger charge is -2.23. The lowest BCUT2D eigenvalue weighted by molar-refractivity contribution is -0.132. The van der Waals surface area contributed by atoms with Gasteiger partial charge in [0.1, 0.15) is 5.41 Å². The molecule has 2 aromatic rings. The fraction of sp³-hybridized carbons (Fsp3) is 0.211. The van der Waals surface area contributed by atoms with Gasteiger partial charge in [-0.15, -0.1) is 0 Å². The summed E-state index contributed by atoms with van der Waals surface area (Å²) in [4.78, 5) is 26.9. The van der Waals surface area contributed by atoms with Crippen molar-refractivity contribution in [1.29, 1.82) is 5.26 Å². The number of amides is 2. The lowest BCUT2D eigenvalue weighted by Crippen LogP contribution is -2.41. The molecular formula is C19H17N3O2. The molecule has 0 radical (unpaired) electrons. The number of benzene rings is 2. The summed E-state index contributed by atoms with van der Waals surface area (Å²) in [6.07, 6.45) is 1.09. The summed E-state index contributed by atoms with van der Waals surface area (Å²) in [5.41, 5.74) is 0.882. The number of carbonyl (C=O) groups is 2. The molecule has 1 aliphatic rings. The van der Waals surface area contributed by atoms with E-state index >= 15 is 0 Å². The predicted octanol–water partition coefficient (Wildman–Crippen LogP) is 2.94. The molecule has 0 aliphatic heterocycles. The number of anilines is 2. The van der Waals surface area contributed by atoms with E-state index in [1.807, 2.05) is 36.4 Å². The highest BCUT2D eigenvalue weighted by atomic mass is 16.2. The highest BCUT2D eigenvalue weighted by Gasteiger charge is 2.57. The van der Waals surface area contributed by atoms with Crippen LogP contribution in [-0.2, 0) is 9.59 Å². The molecule has 0 heterocycles. The Morgan fingerprint density at radius 3 is 2.25 bits per heavy atom. The van der Waals surface area contributed by atoms with Crippen molar-refractivity contribution in [2.75, 3.05) is 17.3 Å². The largest absolute Gasteiger partial charge is 0.325 e. The highest BCUT2D eigenvalue weighted by molar-refractivity contribution is 6.17. The Bertz CT molecular complexity index is 803. The summed E-state index contributed by atoms with van der Waals surface area (Å²) in [5, 5.41) is 11.6. The third-order valence-corrected chi connectivity index (χ3v) is 4.31. The van der Waals surface area contributed by atoms with E-state index in [9.17, 15) is 9.59 Å². The number of hydrogen-bond donors (Lipinski definition) is 1. The Labute approximate surface area is 140 Å². The van der Waals surface area contributed by atoms with E-state index < -0.39 is 5.41 Å². The van der Waals surface area contributed by atoms with Gasteiger partial charge in [0, 0.05) is 18.4 Å². The number of nitrogens with one attached hydrogen (secondary N) is 1. The third kappa shape index (κ3) is 2.86. The van der Waals surface area contributed by atoms with Crippen molar-refractivity contribution in [2.24, 2.45) is 5.41 Å². The van der Waals surface area contributed by atoms with Crippen LogP contribution in [0.25, 0.3) is 0 Å². The summed E-state index contributed by atoms with van der Waals surface area (Å²) in [6, 6.07) is 17.9. The van der Waals surface area contributed by atoms with E-state index in [1.54, 1.807) is 31.3 Å². The van der Waals surface area contributed by atoms with Gasteiger partial charge in [0.15, 0.2) is 0 Å². The number of hydrogen-bond acceptors (Lipinski definition) is 3. The second kappa shape index (κ2) is 6.17. The van der Waals surface area contributed by atoms with Crippen LogP contribution < -0.4 is 10.2 Å². The zero-order valence-corrected chi connectivity index (χ0v) is 13.3. The summed E-state index contributed by atoms with van der Waals surface area (Å²) in [5.74, 6) is -0.486. The van der Waals surface area contributed by atoms with E-state index in [-0.39, 0.29) is 11.8 Å². The van der Waals surface area contributed by atoms with Gasteiger partial charge in [0.05, 0.1) is 11.6 Å². The van der Waals surface area contributed by atoms with Crippen LogP contribution in [0.2, 0.25) is 0 Å². The van der Waals surface area contributed by atoms with Gasteiger partial charge in [-0.1, -0.05) is 18.2 Å². The summed E-state index contributed by atoms with van der Waals surface area (Å²) in [7, 11) is 1.69. The second-order valence-corrected chi connectivity index (χ2v) is 5.93. The Morgan fingerprint density at radius 2 is 1.71 bits per heavy atom. The van der Waals surface area contributed by atoms with E-state index in [0.717, 1.165) is 5.69 Å². The molecule has 2 amide bonds. The fourth-order valence-electron chi connectivity index (χ4n) is 2.63. The molecular weight excluding hydrogens is 302 g/mol. The lowest BCUT2D eigenvalue weighted by atomic mass is 10.0. The maximum Gasteiger partial charge on any atom is 0.242 e. The molecule has 0 bridgehead atoms. The van der Waals surface area contributed by atoms with Crippen LogP contribution in [0.5, 0.6) is 0 Å². The number of para-hydroxylation sites is 1. The Kier molecular flexibility index (Phi) is 4.05. The highest BCUT2D eigenvalue weighted by Crippen LogP contribution is 2.48. The van der Waals surface area contributed by atoms with Gasteiger partial charge < -0.3 is 10.2 Å². The first-order valence-corrected chi connectivity index (χ1v) is 7.72. The van der Waals surface area contributed by atoms with E-state index in [0.29, 0.717) is 24.1 Å². The SMILES string of the molecule is CN(C(=O)C1(C(=O)Nc2ccc(C#N)cc2)CC1)c1ccccc1. The Hall–Kier alpha value is -3.13. The molecule has 5 nitrogen and oxygen atoms in total. The van der Waals surface area contributed by atoms with Crippen molar-refractivity contribution in [3.63, 3.8) is 0 Å². The monoisotopic (exact) mass is 319 g/mol. The van der Waals surface area contributed by atoms with Gasteiger partial charge in [-0.2, -0.15) is 5.26 Å². The molecule has 5 heteroatoms. The first-order valence-electron chi connectivity index (χ1n) is 7.72. The zero-order valence-electron chi connectivity index (χ0n) is 13.3. The zero-order chi connectivity index (χ0) is 17.2. The molecule has 0 aromatic heterocycles. The molecule has 24 heavy (non-hydrogen) atoms. The molecule has 0 atom stereocenters. The van der Waals surface area contributed by atoms with E-state index in [4.69, 9.17) is 5.26 Å². The Morgan fingerprint density at radius 1 is 1.08 bits per heavy atom. The van der Waals surface area contributed by atoms with Crippen LogP contribution in [0.1, 0.15) is 18.4 Å². The van der Waals surface area contributed by atoms with E-state index in [1.165, 1.54) is 4.90 Å². The van der Waals surface area contributed by atoms with Crippen LogP contribution in [-0.4, -0.2) is 18.9 Å². The first-order chi connectivity index (χ1) is 11.6. The quantitative estimate of drug-likeness (QED) is 0.881. The molecule has 1 fully saturated rings. The van der Waals surface area contributed by atoms with Crippen LogP contribution >= 0.6 is 0 Å². The molecule has 1 N–H and O–H groups in total. The fourth-order valence-corrected chi connectivity index (χ4v) is 2.63. The van der Waals surface area contributed by atoms with Crippen molar-refractivity contribution < 1.29 is 9.59 Å². The van der Waals surface area contributed by atoms with Gasteiger partial charge in [-0.25, -0.2) is 0 Å². The van der Waals surface area contributed by atoms with E-state index in [2.05, 4.69) is 5.32 Å². The van der Waals surface area contributed by atoms with Crippen LogP contribution in [0.4, 0.5) is 11.4 Å². The average Bonchev–Trinajstić information content (AvgIpc) is 3.44. The van der Waals surface area contributed by atoms with Crippen LogP contribution in [0.3, 0.4) is 0 Å². The van der Waals surface area contributed by atoms with Crippen LogP contribution in [0.15, 0.2) is 54.6 Å². The molecule has 0 spiro atoms. The molecule has 0 saturated heterocycles. The minimum Gasteiger partial charge on any atom is -0.325 e. The second-order valence-electron chi connectivity index (χ2n) is 5.93. The number of nitrogens with zero attached hydrogens (tertiary/aromatic N) is 2. The number of nitriles is 1. The maximum atomic E-state index is 12.8. The van der Waals surface area contributed by atoms with Crippen molar-refractivity contribution in [3.8, 4) is 6.07 Å². The summed E-state index contributed by atoms with van der Waals surface area (Å²) >= 11 is 0. The van der Waals surface area contributed by atoms with Crippen molar-refractivity contribution >= 4 is 23.2 Å². The topological polar surface area (TPSA) is 73.2 Å². The van der Waals surface area contributed by atoms with Gasteiger partial charge >= 0.3 is 0 Å². The third-order valence-electron chi connectivity index (χ3n) is 4.31. The summed E-state index contributed by atoms with van der Waals surface area (Å²) in [6.45, 7) is 0. The van der Waals surface area contributed by atoms with Crippen molar-refractivity contribution in [2.45, 2.75) is 12.8 Å². The van der Waals surface area contributed by atoms with Crippen LogP contribution in [0, 0.1) is 16.7 Å². The molecule has 2 aromatic carbocycles. The normalized spacial score (nSPS) is 14.3. The first kappa shape index (κ1) is 15.8. The Balaban J connectivity index is 1.74. The smallest absolute Gasteiger partial charge is 0.242 e. The minimum atomic E-state index is -0.988. The molecule has 120 valence electrons. The number of carbonyl (C=O) groups excluding carboxylic acids is 2. The molecule has 1 saturated carbocycles. The molecule has 0 unspecified atom stereocenters. The van der Waals surface area contributed by atoms with Crippen molar-refractivity contribution in [1.82, 2.24) is 0 Å². The van der Waals surface area contributed by atoms with Gasteiger partial charge in [-0.05, 0) is 49.2 Å². The number of rotatable bonds is 4. The standard InChI is InChI=1S/C19H17N3O2/c1-22(16-5-3-2-4-6-16)18(24)19(11-12-19)17(23)21-15-9-7-14(13-20)8-10-15/h2-10H,11-12H2,1H3,(H,21,23).